The van der Waals surface area contributed by atoms with Gasteiger partial charge in [-0.1, -0.05) is 235 Å². The molecule has 0 saturated carbocycles. The molecule has 0 fully saturated rings. The van der Waals surface area contributed by atoms with Crippen molar-refractivity contribution in [1.82, 2.24) is 5.32 Å². The first kappa shape index (κ1) is 72.5. The third-order valence-corrected chi connectivity index (χ3v) is 14.6. The van der Waals surface area contributed by atoms with Crippen LogP contribution in [0.25, 0.3) is 0 Å². The second kappa shape index (κ2) is 54.8. The van der Waals surface area contributed by atoms with Crippen LogP contribution in [0.1, 0.15) is 278 Å². The summed E-state index contributed by atoms with van der Waals surface area (Å²) in [5.74, 6) is -0.543. The molecule has 0 aliphatic rings. The van der Waals surface area contributed by atoms with Gasteiger partial charge in [-0.3, -0.25) is 18.6 Å². The monoisotopic (exact) mass is 1070 g/mol. The number of allylic oxidation sites excluding steroid dienone is 11. The smallest absolute Gasteiger partial charge is 0.456 e. The van der Waals surface area contributed by atoms with Crippen molar-refractivity contribution in [2.24, 2.45) is 0 Å². The molecule has 0 aliphatic heterocycles. The van der Waals surface area contributed by atoms with Crippen LogP contribution in [0.3, 0.4) is 0 Å². The molecule has 75 heavy (non-hydrogen) atoms. The summed E-state index contributed by atoms with van der Waals surface area (Å²) in [5.41, 5.74) is 0. The number of nitrogens with one attached hydrogen (secondary N) is 1. The summed E-state index contributed by atoms with van der Waals surface area (Å²) in [6.45, 7) is 6.96. The van der Waals surface area contributed by atoms with Crippen molar-refractivity contribution in [3.05, 3.63) is 72.9 Å². The van der Waals surface area contributed by atoms with Gasteiger partial charge in [-0.05, 0) is 102 Å². The Morgan fingerprint density at radius 1 is 0.467 bits per heavy atom. The maximum absolute atomic E-state index is 13.5. The second-order valence-electron chi connectivity index (χ2n) is 22.2. The van der Waals surface area contributed by atoms with Crippen LogP contribution in [0.4, 0.5) is 0 Å². The highest BCUT2D eigenvalue weighted by Gasteiger charge is 2.30. The predicted molar refractivity (Wildman–Crippen MR) is 323 cm³/mol. The molecule has 3 unspecified atom stereocenters. The van der Waals surface area contributed by atoms with Crippen molar-refractivity contribution in [2.45, 2.75) is 290 Å². The minimum absolute atomic E-state index is 0.0311. The van der Waals surface area contributed by atoms with E-state index in [0.717, 1.165) is 89.9 Å². The van der Waals surface area contributed by atoms with Gasteiger partial charge >= 0.3 is 13.8 Å². The Bertz CT molecular complexity index is 1510. The second-order valence-corrected chi connectivity index (χ2v) is 23.7. The van der Waals surface area contributed by atoms with Gasteiger partial charge in [-0.25, -0.2) is 4.57 Å². The van der Waals surface area contributed by atoms with Crippen molar-refractivity contribution < 1.29 is 37.3 Å². The summed E-state index contributed by atoms with van der Waals surface area (Å²) >= 11 is 0. The molecule has 3 atom stereocenters. The molecular weight excluding hydrogens is 952 g/mol. The summed E-state index contributed by atoms with van der Waals surface area (Å²) in [4.78, 5) is 37.7. The molecule has 436 valence electrons. The highest BCUT2D eigenvalue weighted by Crippen LogP contribution is 2.43. The van der Waals surface area contributed by atoms with Crippen LogP contribution in [0.15, 0.2) is 72.9 Å². The van der Waals surface area contributed by atoms with Crippen LogP contribution in [0, 0.1) is 0 Å². The number of carbonyl (C=O) groups is 2. The topological polar surface area (TPSA) is 111 Å². The molecule has 0 aliphatic carbocycles. The normalized spacial score (nSPS) is 14.2. The summed E-state index contributed by atoms with van der Waals surface area (Å²) in [5, 5.41) is 3.04. The zero-order valence-corrected chi connectivity index (χ0v) is 50.7. The van der Waals surface area contributed by atoms with Crippen molar-refractivity contribution in [2.75, 3.05) is 40.9 Å². The lowest BCUT2D eigenvalue weighted by atomic mass is 10.0. The molecule has 0 heterocycles. The van der Waals surface area contributed by atoms with E-state index in [2.05, 4.69) is 86.8 Å². The molecule has 0 radical (unpaired) electrons. The molecule has 0 rings (SSSR count). The number of phosphoric ester groups is 1. The van der Waals surface area contributed by atoms with Crippen LogP contribution in [-0.4, -0.2) is 74.3 Å². The first-order chi connectivity index (χ1) is 36.4. The van der Waals surface area contributed by atoms with E-state index >= 15 is 0 Å². The van der Waals surface area contributed by atoms with Crippen LogP contribution >= 0.6 is 7.82 Å². The van der Waals surface area contributed by atoms with Crippen molar-refractivity contribution in [1.29, 1.82) is 0 Å². The highest BCUT2D eigenvalue weighted by molar-refractivity contribution is 7.47. The number of unbranched alkanes of at least 4 members (excludes halogenated alkanes) is 30. The van der Waals surface area contributed by atoms with Crippen LogP contribution in [-0.2, 0) is 27.9 Å². The molecule has 0 aromatic rings. The number of hydrogen-bond donors (Lipinski definition) is 2. The maximum atomic E-state index is 13.5. The standard InChI is InChI=1S/C65H119N2O7P/c1-7-10-13-16-19-22-25-28-30-32-33-35-36-39-42-45-48-51-54-57-64(68)66-62(61-73-75(70,71)72-60-59-67(4,5)6)63(56-53-50-47-44-41-38-27-24-21-18-15-12-9-3)74-65(69)58-55-52-49-46-43-40-37-34-31-29-26-23-20-17-14-11-8-2/h19,22,28-31,33,35,39,42,53,56,62-63H,7-18,20-21,23-27,32,34,36-38,40-41,43-52,54-55,57-61H2,1-6H3,(H-,66,68,70,71)/p+1/b22-19-,30-28-,31-29+,35-33-,42-39-,56-53+. The average Bonchev–Trinajstić information content (AvgIpc) is 3.37. The van der Waals surface area contributed by atoms with Gasteiger partial charge in [0.05, 0.1) is 33.8 Å². The fourth-order valence-corrected chi connectivity index (χ4v) is 9.48. The van der Waals surface area contributed by atoms with Crippen LogP contribution in [0.2, 0.25) is 0 Å². The number of quaternary nitrogens is 1. The predicted octanol–water partition coefficient (Wildman–Crippen LogP) is 19.2. The van der Waals surface area contributed by atoms with E-state index in [1.807, 2.05) is 33.3 Å². The molecule has 0 saturated heterocycles. The largest absolute Gasteiger partial charge is 0.472 e. The number of ether oxygens (including phenoxy) is 1. The van der Waals surface area contributed by atoms with Crippen molar-refractivity contribution >= 4 is 19.7 Å². The molecule has 9 nitrogen and oxygen atoms in total. The van der Waals surface area contributed by atoms with Gasteiger partial charge in [-0.2, -0.15) is 0 Å². The Morgan fingerprint density at radius 3 is 1.27 bits per heavy atom. The van der Waals surface area contributed by atoms with Gasteiger partial charge in [-0.15, -0.1) is 0 Å². The third kappa shape index (κ3) is 56.0. The Balaban J connectivity index is 5.36. The quantitative estimate of drug-likeness (QED) is 0.0205. The zero-order chi connectivity index (χ0) is 55.0. The first-order valence-corrected chi connectivity index (χ1v) is 32.8. The number of phosphoric acid groups is 1. The fraction of sp³-hybridized carbons (Fsp3) is 0.785. The summed E-state index contributed by atoms with van der Waals surface area (Å²) in [7, 11) is 1.47. The molecule has 1 amide bonds. The molecule has 10 heteroatoms. The van der Waals surface area contributed by atoms with Gasteiger partial charge in [0, 0.05) is 12.8 Å². The van der Waals surface area contributed by atoms with Crippen molar-refractivity contribution in [3.8, 4) is 0 Å². The number of likely N-dealkylation sites (N-methyl/N-ethyl adjacent to an activating group) is 1. The SMILES string of the molecule is CCCCC/C=C\C/C=C\C/C=C\C/C=C\CCCCCC(=O)NC(COP(=O)(O)OCC[N+](C)(C)C)C(/C=C/CCCCCCCCCCCCC)OC(=O)CCCCCCCCC/C=C/CCCCCCCC. The van der Waals surface area contributed by atoms with Gasteiger partial charge in [0.25, 0.3) is 0 Å². The Hall–Kier alpha value is -2.55. The number of esters is 1. The van der Waals surface area contributed by atoms with E-state index in [1.165, 1.54) is 148 Å². The van der Waals surface area contributed by atoms with Gasteiger partial charge in [0.15, 0.2) is 0 Å². The number of hydrogen-bond acceptors (Lipinski definition) is 6. The molecule has 0 aromatic heterocycles. The minimum atomic E-state index is -4.46. The molecule has 0 spiro atoms. The van der Waals surface area contributed by atoms with E-state index in [9.17, 15) is 19.0 Å². The highest BCUT2D eigenvalue weighted by atomic mass is 31.2. The number of rotatable bonds is 56. The third-order valence-electron chi connectivity index (χ3n) is 13.6. The summed E-state index contributed by atoms with van der Waals surface area (Å²) in [6, 6.07) is -0.869. The molecule has 0 bridgehead atoms. The van der Waals surface area contributed by atoms with Gasteiger partial charge < -0.3 is 19.4 Å². The molecule has 0 aromatic carbocycles. The Morgan fingerprint density at radius 2 is 0.813 bits per heavy atom. The van der Waals surface area contributed by atoms with Crippen LogP contribution in [0.5, 0.6) is 0 Å². The zero-order valence-electron chi connectivity index (χ0n) is 49.8. The Kier molecular flexibility index (Phi) is 52.9. The fourth-order valence-electron chi connectivity index (χ4n) is 8.74. The Labute approximate surface area is 463 Å². The van der Waals surface area contributed by atoms with E-state index < -0.39 is 20.0 Å². The van der Waals surface area contributed by atoms with Crippen LogP contribution < -0.4 is 5.32 Å². The van der Waals surface area contributed by atoms with Crippen molar-refractivity contribution in [3.63, 3.8) is 0 Å². The first-order valence-electron chi connectivity index (χ1n) is 31.3. The van der Waals surface area contributed by atoms with Gasteiger partial charge in [0.1, 0.15) is 19.3 Å². The summed E-state index contributed by atoms with van der Waals surface area (Å²) in [6.07, 6.45) is 70.3. The van der Waals surface area contributed by atoms with E-state index in [0.29, 0.717) is 23.9 Å². The number of amides is 1. The minimum Gasteiger partial charge on any atom is -0.456 e. The average molecular weight is 1070 g/mol. The lowest BCUT2D eigenvalue weighted by Crippen LogP contribution is -2.47. The maximum Gasteiger partial charge on any atom is 0.472 e. The van der Waals surface area contributed by atoms with Gasteiger partial charge in [0.2, 0.25) is 5.91 Å². The number of carbonyl (C=O) groups excluding carboxylic acids is 2. The summed E-state index contributed by atoms with van der Waals surface area (Å²) < 4.78 is 30.7. The van der Waals surface area contributed by atoms with E-state index in [-0.39, 0.29) is 31.5 Å². The molecule has 2 N–H and O–H groups in total. The van der Waals surface area contributed by atoms with E-state index in [4.69, 9.17) is 13.8 Å². The van der Waals surface area contributed by atoms with E-state index in [1.54, 1.807) is 0 Å². The number of nitrogens with zero attached hydrogens (tertiary/aromatic N) is 1. The molecular formula is C65H120N2O7P+. The lowest BCUT2D eigenvalue weighted by molar-refractivity contribution is -0.870. The lowest BCUT2D eigenvalue weighted by Gasteiger charge is -2.27.